The van der Waals surface area contributed by atoms with Crippen LogP contribution in [0.3, 0.4) is 0 Å². The van der Waals surface area contributed by atoms with E-state index in [2.05, 4.69) is 4.98 Å². The van der Waals surface area contributed by atoms with Gasteiger partial charge in [-0.1, -0.05) is 12.1 Å². The first kappa shape index (κ1) is 12.9. The third kappa shape index (κ3) is 3.45. The van der Waals surface area contributed by atoms with Gasteiger partial charge in [-0.15, -0.1) is 0 Å². The van der Waals surface area contributed by atoms with Crippen molar-refractivity contribution in [1.29, 1.82) is 5.41 Å². The molecule has 1 aromatic heterocycles. The molecule has 0 radical (unpaired) electrons. The summed E-state index contributed by atoms with van der Waals surface area (Å²) in [7, 11) is 1.63. The molecule has 0 aliphatic rings. The number of methoxy groups -OCH3 is 1. The molecule has 98 valence electrons. The van der Waals surface area contributed by atoms with E-state index in [4.69, 9.17) is 20.6 Å². The van der Waals surface area contributed by atoms with Gasteiger partial charge in [-0.25, -0.2) is 4.98 Å². The van der Waals surface area contributed by atoms with Crippen LogP contribution in [-0.2, 0) is 6.61 Å². The molecule has 1 heterocycles. The third-order valence-corrected chi connectivity index (χ3v) is 2.57. The maximum atomic E-state index is 7.27. The van der Waals surface area contributed by atoms with E-state index in [1.807, 2.05) is 24.3 Å². The predicted molar refractivity (Wildman–Crippen MR) is 72.6 cm³/mol. The van der Waals surface area contributed by atoms with Crippen molar-refractivity contribution < 1.29 is 9.47 Å². The Morgan fingerprint density at radius 3 is 2.79 bits per heavy atom. The maximum absolute atomic E-state index is 7.27. The molecule has 0 bridgehead atoms. The molecule has 0 saturated carbocycles. The van der Waals surface area contributed by atoms with Crippen molar-refractivity contribution >= 4 is 5.84 Å². The first-order chi connectivity index (χ1) is 9.19. The molecule has 0 saturated heterocycles. The van der Waals surface area contributed by atoms with Crippen LogP contribution in [-0.4, -0.2) is 17.9 Å². The maximum Gasteiger partial charge on any atom is 0.213 e. The monoisotopic (exact) mass is 257 g/mol. The Kier molecular flexibility index (Phi) is 3.97. The Morgan fingerprint density at radius 1 is 1.32 bits per heavy atom. The summed E-state index contributed by atoms with van der Waals surface area (Å²) in [6.07, 6.45) is 1.52. The number of nitrogens with two attached hydrogens (primary N) is 1. The lowest BCUT2D eigenvalue weighted by Crippen LogP contribution is -2.11. The number of ether oxygens (including phenoxy) is 2. The van der Waals surface area contributed by atoms with Gasteiger partial charge < -0.3 is 15.2 Å². The summed E-state index contributed by atoms with van der Waals surface area (Å²) in [5.74, 6) is 1.28. The summed E-state index contributed by atoms with van der Waals surface area (Å²) in [4.78, 5) is 4.08. The Bertz CT molecular complexity index is 567. The van der Waals surface area contributed by atoms with Crippen molar-refractivity contribution in [2.75, 3.05) is 7.11 Å². The van der Waals surface area contributed by atoms with Gasteiger partial charge in [-0.3, -0.25) is 5.41 Å². The van der Waals surface area contributed by atoms with Gasteiger partial charge in [-0.05, 0) is 23.8 Å². The number of nitrogen functional groups attached to an aromatic ring is 1. The third-order valence-electron chi connectivity index (χ3n) is 2.57. The smallest absolute Gasteiger partial charge is 0.213 e. The van der Waals surface area contributed by atoms with Crippen molar-refractivity contribution in [3.63, 3.8) is 0 Å². The highest BCUT2D eigenvalue weighted by atomic mass is 16.5. The lowest BCUT2D eigenvalue weighted by Gasteiger charge is -2.07. The summed E-state index contributed by atoms with van der Waals surface area (Å²) in [6, 6.07) is 11.0. The normalized spacial score (nSPS) is 9.95. The Hall–Kier alpha value is -2.56. The van der Waals surface area contributed by atoms with Gasteiger partial charge in [0.15, 0.2) is 0 Å². The van der Waals surface area contributed by atoms with E-state index in [9.17, 15) is 0 Å². The zero-order valence-corrected chi connectivity index (χ0v) is 10.6. The van der Waals surface area contributed by atoms with Crippen LogP contribution in [0, 0.1) is 5.41 Å². The molecular weight excluding hydrogens is 242 g/mol. The lowest BCUT2D eigenvalue weighted by atomic mass is 10.2. The minimum Gasteiger partial charge on any atom is -0.497 e. The first-order valence-corrected chi connectivity index (χ1v) is 5.75. The van der Waals surface area contributed by atoms with Gasteiger partial charge in [0.25, 0.3) is 0 Å². The largest absolute Gasteiger partial charge is 0.497 e. The molecule has 5 heteroatoms. The molecule has 2 rings (SSSR count). The van der Waals surface area contributed by atoms with Gasteiger partial charge in [-0.2, -0.15) is 0 Å². The van der Waals surface area contributed by atoms with Gasteiger partial charge >= 0.3 is 0 Å². The van der Waals surface area contributed by atoms with E-state index in [0.717, 1.165) is 11.3 Å². The van der Waals surface area contributed by atoms with E-state index >= 15 is 0 Å². The Morgan fingerprint density at radius 2 is 2.16 bits per heavy atom. The van der Waals surface area contributed by atoms with Crippen molar-refractivity contribution in [2.24, 2.45) is 5.73 Å². The molecule has 0 spiro atoms. The molecule has 0 aliphatic heterocycles. The number of nitrogens with zero attached hydrogens (tertiary/aromatic N) is 1. The molecular formula is C14H15N3O2. The van der Waals surface area contributed by atoms with Crippen LogP contribution in [0.5, 0.6) is 11.6 Å². The van der Waals surface area contributed by atoms with Crippen molar-refractivity contribution in [1.82, 2.24) is 4.98 Å². The second-order valence-electron chi connectivity index (χ2n) is 3.94. The number of hydrogen-bond donors (Lipinski definition) is 2. The summed E-state index contributed by atoms with van der Waals surface area (Å²) in [5.41, 5.74) is 6.92. The van der Waals surface area contributed by atoms with Crippen LogP contribution >= 0.6 is 0 Å². The first-order valence-electron chi connectivity index (χ1n) is 5.75. The number of nitrogens with one attached hydrogen (secondary N) is 1. The second-order valence-corrected chi connectivity index (χ2v) is 3.94. The minimum atomic E-state index is -0.00755. The fourth-order valence-electron chi connectivity index (χ4n) is 1.54. The van der Waals surface area contributed by atoms with Crippen LogP contribution in [0.1, 0.15) is 11.1 Å². The Labute approximate surface area is 111 Å². The van der Waals surface area contributed by atoms with Gasteiger partial charge in [0.1, 0.15) is 18.2 Å². The number of aromatic nitrogens is 1. The second kappa shape index (κ2) is 5.86. The molecule has 0 amide bonds. The standard InChI is InChI=1S/C14H15N3O2/c1-18-12-4-2-3-10(7-12)9-19-13-6-5-11(8-17-13)14(15)16/h2-8H,9H2,1H3,(H3,15,16). The summed E-state index contributed by atoms with van der Waals surface area (Å²) in [5, 5.41) is 7.27. The van der Waals surface area contributed by atoms with Crippen LogP contribution in [0.25, 0.3) is 0 Å². The average molecular weight is 257 g/mol. The number of hydrogen-bond acceptors (Lipinski definition) is 4. The SMILES string of the molecule is COc1cccc(COc2ccc(C(=N)N)cn2)c1. The summed E-state index contributed by atoms with van der Waals surface area (Å²) < 4.78 is 10.7. The topological polar surface area (TPSA) is 81.2 Å². The lowest BCUT2D eigenvalue weighted by molar-refractivity contribution is 0.293. The molecule has 0 unspecified atom stereocenters. The summed E-state index contributed by atoms with van der Waals surface area (Å²) in [6.45, 7) is 0.406. The molecule has 0 aliphatic carbocycles. The van der Waals surface area contributed by atoms with Crippen molar-refractivity contribution in [3.8, 4) is 11.6 Å². The van der Waals surface area contributed by atoms with E-state index in [1.165, 1.54) is 6.20 Å². The summed E-state index contributed by atoms with van der Waals surface area (Å²) >= 11 is 0. The molecule has 1 aromatic carbocycles. The van der Waals surface area contributed by atoms with Crippen LogP contribution < -0.4 is 15.2 Å². The predicted octanol–water partition coefficient (Wildman–Crippen LogP) is 1.95. The quantitative estimate of drug-likeness (QED) is 0.633. The fraction of sp³-hybridized carbons (Fsp3) is 0.143. The minimum absolute atomic E-state index is 0.00755. The van der Waals surface area contributed by atoms with E-state index in [1.54, 1.807) is 19.2 Å². The van der Waals surface area contributed by atoms with Gasteiger partial charge in [0, 0.05) is 17.8 Å². The van der Waals surface area contributed by atoms with E-state index < -0.39 is 0 Å². The molecule has 3 N–H and O–H groups in total. The molecule has 5 nitrogen and oxygen atoms in total. The highest BCUT2D eigenvalue weighted by Gasteiger charge is 2.01. The fourth-order valence-corrected chi connectivity index (χ4v) is 1.54. The highest BCUT2D eigenvalue weighted by molar-refractivity contribution is 5.94. The zero-order chi connectivity index (χ0) is 13.7. The Balaban J connectivity index is 1.99. The molecule has 0 atom stereocenters. The van der Waals surface area contributed by atoms with Crippen molar-refractivity contribution in [2.45, 2.75) is 6.61 Å². The number of benzene rings is 1. The highest BCUT2D eigenvalue weighted by Crippen LogP contribution is 2.15. The zero-order valence-electron chi connectivity index (χ0n) is 10.6. The molecule has 0 fully saturated rings. The number of amidine groups is 1. The van der Waals surface area contributed by atoms with Gasteiger partial charge in [0.2, 0.25) is 5.88 Å². The van der Waals surface area contributed by atoms with Gasteiger partial charge in [0.05, 0.1) is 7.11 Å². The van der Waals surface area contributed by atoms with Crippen LogP contribution in [0.2, 0.25) is 0 Å². The van der Waals surface area contributed by atoms with E-state index in [-0.39, 0.29) is 5.84 Å². The average Bonchev–Trinajstić information content (AvgIpc) is 2.46. The number of pyridine rings is 1. The van der Waals surface area contributed by atoms with Crippen molar-refractivity contribution in [3.05, 3.63) is 53.7 Å². The molecule has 19 heavy (non-hydrogen) atoms. The van der Waals surface area contributed by atoms with E-state index in [0.29, 0.717) is 18.1 Å². The van der Waals surface area contributed by atoms with Crippen LogP contribution in [0.4, 0.5) is 0 Å². The number of rotatable bonds is 5. The van der Waals surface area contributed by atoms with Crippen LogP contribution in [0.15, 0.2) is 42.6 Å². The molecule has 2 aromatic rings.